The first-order chi connectivity index (χ1) is 8.22. The number of hydrogen-bond donors (Lipinski definition) is 2. The van der Waals surface area contributed by atoms with Crippen LogP contribution >= 0.6 is 0 Å². The summed E-state index contributed by atoms with van der Waals surface area (Å²) in [6.45, 7) is 4.68. The second-order valence-corrected chi connectivity index (χ2v) is 4.80. The molecule has 1 aliphatic heterocycles. The van der Waals surface area contributed by atoms with Gasteiger partial charge in [-0.2, -0.15) is 0 Å². The van der Waals surface area contributed by atoms with Crippen molar-refractivity contribution < 1.29 is 9.84 Å². The van der Waals surface area contributed by atoms with Gasteiger partial charge in [0.25, 0.3) is 0 Å². The summed E-state index contributed by atoms with van der Waals surface area (Å²) in [5.74, 6) is 0. The van der Waals surface area contributed by atoms with E-state index in [0.29, 0.717) is 19.8 Å². The monoisotopic (exact) mass is 235 g/mol. The molecule has 0 aromatic heterocycles. The van der Waals surface area contributed by atoms with Crippen LogP contribution in [0.15, 0.2) is 24.3 Å². The van der Waals surface area contributed by atoms with Crippen LogP contribution in [0.1, 0.15) is 24.5 Å². The molecule has 0 bridgehead atoms. The highest BCUT2D eigenvalue weighted by Gasteiger charge is 2.31. The molecule has 1 aliphatic rings. The molecule has 1 saturated heterocycles. The fraction of sp³-hybridized carbons (Fsp3) is 0.571. The summed E-state index contributed by atoms with van der Waals surface area (Å²) in [7, 11) is 0. The number of hydrogen-bond acceptors (Lipinski definition) is 3. The summed E-state index contributed by atoms with van der Waals surface area (Å²) in [5, 5.41) is 13.4. The minimum absolute atomic E-state index is 0.453. The largest absolute Gasteiger partial charge is 0.386 e. The molecule has 0 radical (unpaired) electrons. The maximum Gasteiger partial charge on any atom is 0.102 e. The van der Waals surface area contributed by atoms with E-state index in [4.69, 9.17) is 4.74 Å². The average Bonchev–Trinajstić information content (AvgIpc) is 2.77. The minimum atomic E-state index is -0.663. The van der Waals surface area contributed by atoms with Crippen LogP contribution in [0.5, 0.6) is 0 Å². The SMILES string of the molecule is CCc1ccc(CNCC2(O)CCOC2)cc1. The summed E-state index contributed by atoms with van der Waals surface area (Å²) >= 11 is 0. The van der Waals surface area contributed by atoms with Gasteiger partial charge in [0, 0.05) is 26.1 Å². The van der Waals surface area contributed by atoms with E-state index in [2.05, 4.69) is 36.5 Å². The van der Waals surface area contributed by atoms with Gasteiger partial charge in [-0.05, 0) is 17.5 Å². The molecule has 2 rings (SSSR count). The number of benzene rings is 1. The second-order valence-electron chi connectivity index (χ2n) is 4.80. The van der Waals surface area contributed by atoms with Crippen LogP contribution in [0, 0.1) is 0 Å². The Balaban J connectivity index is 1.77. The Morgan fingerprint density at radius 1 is 1.29 bits per heavy atom. The Hall–Kier alpha value is -0.900. The summed E-state index contributed by atoms with van der Waals surface area (Å²) in [6, 6.07) is 8.59. The summed E-state index contributed by atoms with van der Waals surface area (Å²) in [5.41, 5.74) is 1.95. The van der Waals surface area contributed by atoms with Gasteiger partial charge >= 0.3 is 0 Å². The van der Waals surface area contributed by atoms with E-state index < -0.39 is 5.60 Å². The number of nitrogens with one attached hydrogen (secondary N) is 1. The van der Waals surface area contributed by atoms with Crippen molar-refractivity contribution in [1.29, 1.82) is 0 Å². The molecule has 1 heterocycles. The van der Waals surface area contributed by atoms with E-state index >= 15 is 0 Å². The summed E-state index contributed by atoms with van der Waals surface area (Å²) in [6.07, 6.45) is 1.81. The van der Waals surface area contributed by atoms with Gasteiger partial charge < -0.3 is 15.2 Å². The molecule has 1 unspecified atom stereocenters. The van der Waals surface area contributed by atoms with Crippen LogP contribution in [-0.2, 0) is 17.7 Å². The van der Waals surface area contributed by atoms with Crippen molar-refractivity contribution in [2.24, 2.45) is 0 Å². The van der Waals surface area contributed by atoms with Crippen molar-refractivity contribution in [3.05, 3.63) is 35.4 Å². The lowest BCUT2D eigenvalue weighted by Gasteiger charge is -2.20. The zero-order chi connectivity index (χ0) is 12.1. The quantitative estimate of drug-likeness (QED) is 0.812. The van der Waals surface area contributed by atoms with Crippen molar-refractivity contribution in [3.8, 4) is 0 Å². The fourth-order valence-corrected chi connectivity index (χ4v) is 2.07. The number of ether oxygens (including phenoxy) is 1. The zero-order valence-corrected chi connectivity index (χ0v) is 10.4. The maximum atomic E-state index is 10.1. The number of aryl methyl sites for hydroxylation is 1. The Morgan fingerprint density at radius 2 is 2.00 bits per heavy atom. The van der Waals surface area contributed by atoms with Crippen LogP contribution in [0.3, 0.4) is 0 Å². The van der Waals surface area contributed by atoms with Gasteiger partial charge in [0.2, 0.25) is 0 Å². The first-order valence-corrected chi connectivity index (χ1v) is 6.30. The molecule has 0 saturated carbocycles. The molecule has 17 heavy (non-hydrogen) atoms. The summed E-state index contributed by atoms with van der Waals surface area (Å²) < 4.78 is 5.20. The van der Waals surface area contributed by atoms with Crippen molar-refractivity contribution in [1.82, 2.24) is 5.32 Å². The van der Waals surface area contributed by atoms with Crippen molar-refractivity contribution in [3.63, 3.8) is 0 Å². The molecule has 3 heteroatoms. The molecular formula is C14H21NO2. The van der Waals surface area contributed by atoms with Gasteiger partial charge in [0.15, 0.2) is 0 Å². The average molecular weight is 235 g/mol. The zero-order valence-electron chi connectivity index (χ0n) is 10.4. The molecule has 1 atom stereocenters. The Bertz CT molecular complexity index is 342. The van der Waals surface area contributed by atoms with E-state index in [1.165, 1.54) is 11.1 Å². The molecule has 1 aromatic carbocycles. The normalized spacial score (nSPS) is 24.1. The maximum absolute atomic E-state index is 10.1. The molecule has 3 nitrogen and oxygen atoms in total. The fourth-order valence-electron chi connectivity index (χ4n) is 2.07. The molecule has 1 fully saturated rings. The lowest BCUT2D eigenvalue weighted by molar-refractivity contribution is 0.0268. The van der Waals surface area contributed by atoms with Crippen molar-refractivity contribution >= 4 is 0 Å². The molecule has 1 aromatic rings. The smallest absolute Gasteiger partial charge is 0.102 e. The number of rotatable bonds is 5. The van der Waals surface area contributed by atoms with E-state index in [1.54, 1.807) is 0 Å². The molecule has 0 amide bonds. The Labute approximate surface area is 103 Å². The third-order valence-electron chi connectivity index (χ3n) is 3.30. The molecule has 2 N–H and O–H groups in total. The van der Waals surface area contributed by atoms with Crippen LogP contribution in [0.4, 0.5) is 0 Å². The topological polar surface area (TPSA) is 41.5 Å². The van der Waals surface area contributed by atoms with Gasteiger partial charge in [0.1, 0.15) is 5.60 Å². The minimum Gasteiger partial charge on any atom is -0.386 e. The van der Waals surface area contributed by atoms with Crippen LogP contribution in [-0.4, -0.2) is 30.5 Å². The lowest BCUT2D eigenvalue weighted by atomic mass is 10.0. The Kier molecular flexibility index (Phi) is 4.15. The van der Waals surface area contributed by atoms with Crippen molar-refractivity contribution in [2.45, 2.75) is 31.9 Å². The van der Waals surface area contributed by atoms with Gasteiger partial charge in [-0.25, -0.2) is 0 Å². The van der Waals surface area contributed by atoms with Crippen LogP contribution < -0.4 is 5.32 Å². The van der Waals surface area contributed by atoms with E-state index in [0.717, 1.165) is 19.4 Å². The van der Waals surface area contributed by atoms with Crippen molar-refractivity contribution in [2.75, 3.05) is 19.8 Å². The molecule has 0 aliphatic carbocycles. The second kappa shape index (κ2) is 5.63. The van der Waals surface area contributed by atoms with Gasteiger partial charge in [0.05, 0.1) is 6.61 Å². The van der Waals surface area contributed by atoms with Gasteiger partial charge in [-0.15, -0.1) is 0 Å². The molecular weight excluding hydrogens is 214 g/mol. The van der Waals surface area contributed by atoms with E-state index in [9.17, 15) is 5.11 Å². The molecule has 0 spiro atoms. The first-order valence-electron chi connectivity index (χ1n) is 6.30. The predicted octanol–water partition coefficient (Wildman–Crippen LogP) is 1.49. The predicted molar refractivity (Wildman–Crippen MR) is 67.9 cm³/mol. The van der Waals surface area contributed by atoms with E-state index in [1.807, 2.05) is 0 Å². The van der Waals surface area contributed by atoms with Gasteiger partial charge in [-0.1, -0.05) is 31.2 Å². The summed E-state index contributed by atoms with van der Waals surface area (Å²) in [4.78, 5) is 0. The van der Waals surface area contributed by atoms with Crippen LogP contribution in [0.25, 0.3) is 0 Å². The third-order valence-corrected chi connectivity index (χ3v) is 3.30. The molecule has 94 valence electrons. The Morgan fingerprint density at radius 3 is 2.59 bits per heavy atom. The highest BCUT2D eigenvalue weighted by Crippen LogP contribution is 2.17. The lowest BCUT2D eigenvalue weighted by Crippen LogP contribution is -2.40. The van der Waals surface area contributed by atoms with Crippen LogP contribution in [0.2, 0.25) is 0 Å². The highest BCUT2D eigenvalue weighted by atomic mass is 16.5. The van der Waals surface area contributed by atoms with Gasteiger partial charge in [-0.3, -0.25) is 0 Å². The third kappa shape index (κ3) is 3.53. The highest BCUT2D eigenvalue weighted by molar-refractivity contribution is 5.22. The first kappa shape index (κ1) is 12.6. The standard InChI is InChI=1S/C14H21NO2/c1-2-12-3-5-13(6-4-12)9-15-10-14(16)7-8-17-11-14/h3-6,15-16H,2,7-11H2,1H3. The van der Waals surface area contributed by atoms with E-state index in [-0.39, 0.29) is 0 Å². The number of aliphatic hydroxyl groups is 1.